The monoisotopic (exact) mass is 1680 g/mol. The van der Waals surface area contributed by atoms with Crippen LogP contribution in [-0.4, -0.2) is 9.13 Å². The van der Waals surface area contributed by atoms with Crippen LogP contribution in [0.3, 0.4) is 0 Å². The highest BCUT2D eigenvalue weighted by Crippen LogP contribution is 2.66. The Bertz CT molecular complexity index is 7960. The van der Waals surface area contributed by atoms with Crippen molar-refractivity contribution in [1.29, 1.82) is 0 Å². The molecule has 6 heteroatoms. The van der Waals surface area contributed by atoms with Crippen molar-refractivity contribution in [3.8, 4) is 78.9 Å². The third-order valence-corrected chi connectivity index (χ3v) is 26.7. The highest BCUT2D eigenvalue weighted by molar-refractivity contribution is 9.10. The minimum atomic E-state index is -0.648. The van der Waals surface area contributed by atoms with E-state index < -0.39 is 10.8 Å². The highest BCUT2D eigenvalue weighted by atomic mass is 79.9. The molecule has 2 aliphatic heterocycles. The summed E-state index contributed by atoms with van der Waals surface area (Å²) in [5.74, 6) is 3.62. The first-order chi connectivity index (χ1) is 61.9. The molecule has 4 aliphatic rings. The quantitative estimate of drug-likeness (QED) is 0.144. The van der Waals surface area contributed by atoms with E-state index in [1.165, 1.54) is 154 Å². The summed E-state index contributed by atoms with van der Waals surface area (Å²) in [6.45, 7) is 0. The lowest BCUT2D eigenvalue weighted by Crippen LogP contribution is -2.32. The van der Waals surface area contributed by atoms with E-state index in [1.54, 1.807) is 0 Å². The zero-order valence-corrected chi connectivity index (χ0v) is 69.7. The number of rotatable bonds is 9. The number of aromatic nitrogens is 2. The summed E-state index contributed by atoms with van der Waals surface area (Å²) in [5.41, 5.74) is 31.9. The normalized spacial score (nSPS) is 12.9. The molecule has 0 atom stereocenters. The van der Waals surface area contributed by atoms with Crippen molar-refractivity contribution in [2.45, 2.75) is 24.7 Å². The highest BCUT2D eigenvalue weighted by Gasteiger charge is 2.54. The zero-order chi connectivity index (χ0) is 82.7. The van der Waals surface area contributed by atoms with Gasteiger partial charge >= 0.3 is 0 Å². The van der Waals surface area contributed by atoms with Gasteiger partial charge in [0.2, 0.25) is 0 Å². The van der Waals surface area contributed by atoms with Crippen LogP contribution in [0.1, 0.15) is 63.1 Å². The standard InChI is InChI=1S/C59H38N2O.C31H23N.C29H17BrO.CH4/c1-3-17-39(18-4-1)44-22-9-13-27-53(44)60(42-33-36-55-49(37-42)47-24-10-14-28-54(47)61(55)41-20-5-2-6-21-41)43-32-35-46-48-34-31-40-19-7-8-23-45(40)58(48)59(52(46)38-43)50-25-11-15-29-56(50)62-57-30-16-12-26-51(57)59;1-3-11-24(12-4-1)27-16-8-7-13-25(27)21-23-19-20-31-29(22-23)28-17-9-10-18-30(28)32(31)26-14-5-2-6-15-26;30-19-14-16-21-22-15-13-18-7-1-2-8-20(18)28(22)29(25(21)17-19)23-9-3-5-11-26(23)31-27-12-6-4-10-24(27)29;/h1-38H;1-20,22H,21H2;1-17H;1H4. The van der Waals surface area contributed by atoms with Gasteiger partial charge in [0.05, 0.1) is 38.6 Å². The predicted molar refractivity (Wildman–Crippen MR) is 527 cm³/mol. The summed E-state index contributed by atoms with van der Waals surface area (Å²) in [6, 6.07) is 167. The van der Waals surface area contributed by atoms with Gasteiger partial charge in [-0.1, -0.05) is 363 Å². The Hall–Kier alpha value is -15.6. The molecule has 0 saturated carbocycles. The third kappa shape index (κ3) is 11.9. The number of halogens is 1. The summed E-state index contributed by atoms with van der Waals surface area (Å²) in [4.78, 5) is 2.47. The van der Waals surface area contributed by atoms with Gasteiger partial charge in [-0.2, -0.15) is 0 Å². The Morgan fingerprint density at radius 1 is 0.254 bits per heavy atom. The van der Waals surface area contributed by atoms with Gasteiger partial charge in [-0.15, -0.1) is 0 Å². The van der Waals surface area contributed by atoms with Gasteiger partial charge < -0.3 is 23.5 Å². The average Bonchev–Trinajstić information content (AvgIpc) is 1.01. The van der Waals surface area contributed by atoms with Crippen molar-refractivity contribution in [1.82, 2.24) is 9.13 Å². The van der Waals surface area contributed by atoms with Crippen molar-refractivity contribution in [3.05, 3.63) is 521 Å². The summed E-state index contributed by atoms with van der Waals surface area (Å²) in [6.07, 6.45) is 0.909. The molecule has 0 N–H and O–H groups in total. The van der Waals surface area contributed by atoms with Gasteiger partial charge in [0.25, 0.3) is 0 Å². The number of nitrogens with zero attached hydrogens (tertiary/aromatic N) is 3. The van der Waals surface area contributed by atoms with Gasteiger partial charge in [-0.25, -0.2) is 0 Å². The first-order valence-corrected chi connectivity index (χ1v) is 43.7. The van der Waals surface area contributed by atoms with E-state index in [9.17, 15) is 0 Å². The van der Waals surface area contributed by atoms with Crippen LogP contribution in [0.25, 0.3) is 121 Å². The molecule has 2 aliphatic carbocycles. The van der Waals surface area contributed by atoms with Crippen LogP contribution in [-0.2, 0) is 17.3 Å². The number of fused-ring (bicyclic) bond motifs is 28. The maximum absolute atomic E-state index is 6.78. The zero-order valence-electron chi connectivity index (χ0n) is 68.1. The Kier molecular flexibility index (Phi) is 18.4. The second-order valence-corrected chi connectivity index (χ2v) is 33.8. The Labute approximate surface area is 741 Å². The van der Waals surface area contributed by atoms with Crippen LogP contribution in [0, 0.1) is 0 Å². The van der Waals surface area contributed by atoms with E-state index in [0.717, 1.165) is 73.3 Å². The van der Waals surface area contributed by atoms with Crippen molar-refractivity contribution < 1.29 is 9.47 Å². The first-order valence-electron chi connectivity index (χ1n) is 42.9. The molecule has 2 spiro atoms. The van der Waals surface area contributed by atoms with Gasteiger partial charge in [0.15, 0.2) is 0 Å². The van der Waals surface area contributed by atoms with Crippen LogP contribution >= 0.6 is 15.9 Å². The van der Waals surface area contributed by atoms with Crippen LogP contribution < -0.4 is 14.4 Å². The molecule has 596 valence electrons. The molecular formula is C120H82BrN3O2. The van der Waals surface area contributed by atoms with Crippen molar-refractivity contribution in [3.63, 3.8) is 0 Å². The second-order valence-electron chi connectivity index (χ2n) is 32.9. The molecule has 5 nitrogen and oxygen atoms in total. The summed E-state index contributed by atoms with van der Waals surface area (Å²) in [5, 5.41) is 10.0. The number of anilines is 3. The van der Waals surface area contributed by atoms with Crippen molar-refractivity contribution >= 4 is 98.1 Å². The number of ether oxygens (including phenoxy) is 2. The third-order valence-electron chi connectivity index (χ3n) is 26.3. The molecular weight excluding hydrogens is 1600 g/mol. The molecule has 0 radical (unpaired) electrons. The average molecular weight is 1680 g/mol. The predicted octanol–water partition coefficient (Wildman–Crippen LogP) is 32.3. The topological polar surface area (TPSA) is 31.6 Å². The van der Waals surface area contributed by atoms with E-state index in [0.29, 0.717) is 0 Å². The summed E-state index contributed by atoms with van der Waals surface area (Å²) >= 11 is 3.76. The van der Waals surface area contributed by atoms with Gasteiger partial charge in [-0.3, -0.25) is 0 Å². The number of hydrogen-bond acceptors (Lipinski definition) is 3. The Morgan fingerprint density at radius 3 is 1.16 bits per heavy atom. The SMILES string of the molecule is Brc1ccc2c(c1)C1(c3ccccc3Oc3ccccc31)c1c-2ccc2ccccc12.C.c1ccc(-c2ccccc2Cc2ccc3c(c2)c2ccccc2n3-c2ccccc2)cc1.c1ccc(-c2ccccc2N(c2ccc3c(c2)C2(c4ccccc4Oc4ccccc42)c2c-3ccc3ccccc23)c2ccc3c(c2)c2ccccc2n3-c2ccccc2)cc1. The Morgan fingerprint density at radius 2 is 0.627 bits per heavy atom. The summed E-state index contributed by atoms with van der Waals surface area (Å²) < 4.78 is 19.1. The minimum absolute atomic E-state index is 0. The maximum atomic E-state index is 6.78. The molecule has 2 aromatic heterocycles. The number of hydrogen-bond donors (Lipinski definition) is 0. The van der Waals surface area contributed by atoms with E-state index in [4.69, 9.17) is 9.47 Å². The van der Waals surface area contributed by atoms with E-state index in [-0.39, 0.29) is 7.43 Å². The lowest BCUT2D eigenvalue weighted by atomic mass is 9.65. The summed E-state index contributed by atoms with van der Waals surface area (Å²) in [7, 11) is 0. The van der Waals surface area contributed by atoms with E-state index in [2.05, 4.69) is 491 Å². The molecule has 4 heterocycles. The molecule has 0 bridgehead atoms. The van der Waals surface area contributed by atoms with Gasteiger partial charge in [-0.05, 0) is 222 Å². The fraction of sp³-hybridized carbons (Fsp3) is 0.0333. The number of para-hydroxylation sites is 9. The molecule has 0 fully saturated rings. The van der Waals surface area contributed by atoms with Gasteiger partial charge in [0, 0.05) is 76.6 Å². The first kappa shape index (κ1) is 75.4. The number of benzene rings is 20. The molecule has 0 saturated heterocycles. The van der Waals surface area contributed by atoms with Crippen LogP contribution in [0.2, 0.25) is 0 Å². The maximum Gasteiger partial charge on any atom is 0.132 e. The molecule has 22 aromatic rings. The van der Waals surface area contributed by atoms with Gasteiger partial charge in [0.1, 0.15) is 23.0 Å². The second kappa shape index (κ2) is 30.8. The lowest BCUT2D eigenvalue weighted by molar-refractivity contribution is 0.436. The molecule has 20 aromatic carbocycles. The Balaban J connectivity index is 0.000000120. The molecule has 0 unspecified atom stereocenters. The fourth-order valence-corrected chi connectivity index (χ4v) is 21.5. The molecule has 26 rings (SSSR count). The largest absolute Gasteiger partial charge is 0.457 e. The van der Waals surface area contributed by atoms with E-state index in [1.807, 2.05) is 0 Å². The van der Waals surface area contributed by atoms with Crippen LogP contribution in [0.4, 0.5) is 17.1 Å². The van der Waals surface area contributed by atoms with Crippen molar-refractivity contribution in [2.24, 2.45) is 0 Å². The molecule has 0 amide bonds. The fourth-order valence-electron chi connectivity index (χ4n) is 21.1. The van der Waals surface area contributed by atoms with Crippen LogP contribution in [0.15, 0.2) is 466 Å². The molecule has 126 heavy (non-hydrogen) atoms. The van der Waals surface area contributed by atoms with Crippen LogP contribution in [0.5, 0.6) is 23.0 Å². The van der Waals surface area contributed by atoms with E-state index >= 15 is 0 Å². The minimum Gasteiger partial charge on any atom is -0.457 e. The smallest absolute Gasteiger partial charge is 0.132 e. The van der Waals surface area contributed by atoms with Crippen molar-refractivity contribution in [2.75, 3.05) is 4.90 Å². The lowest BCUT2D eigenvalue weighted by Gasteiger charge is -2.40.